The average Bonchev–Trinajstić information content (AvgIpc) is 2.67. The number of thioether (sulfide) groups is 1. The van der Waals surface area contributed by atoms with Crippen molar-refractivity contribution in [2.24, 2.45) is 0 Å². The molecule has 106 valence electrons. The van der Waals surface area contributed by atoms with Crippen molar-refractivity contribution in [3.63, 3.8) is 0 Å². The first kappa shape index (κ1) is 15.1. The van der Waals surface area contributed by atoms with Crippen LogP contribution in [-0.4, -0.2) is 27.8 Å². The smallest absolute Gasteiger partial charge is 0.266 e. The van der Waals surface area contributed by atoms with Crippen LogP contribution in [0.4, 0.5) is 0 Å². The Kier molecular flexibility index (Phi) is 4.83. The molecular formula is C15H17NO2S2. The predicted molar refractivity (Wildman–Crippen MR) is 87.8 cm³/mol. The quantitative estimate of drug-likeness (QED) is 0.627. The zero-order valence-electron chi connectivity index (χ0n) is 11.8. The van der Waals surface area contributed by atoms with Crippen LogP contribution in [0.5, 0.6) is 5.75 Å². The lowest BCUT2D eigenvalue weighted by Crippen LogP contribution is -2.34. The van der Waals surface area contributed by atoms with Crippen LogP contribution in [0.15, 0.2) is 29.2 Å². The van der Waals surface area contributed by atoms with E-state index in [1.807, 2.05) is 51.1 Å². The van der Waals surface area contributed by atoms with Crippen LogP contribution in [0.2, 0.25) is 0 Å². The van der Waals surface area contributed by atoms with Crippen LogP contribution in [0.1, 0.15) is 26.3 Å². The van der Waals surface area contributed by atoms with Gasteiger partial charge in [-0.2, -0.15) is 0 Å². The Labute approximate surface area is 129 Å². The summed E-state index contributed by atoms with van der Waals surface area (Å²) in [6, 6.07) is 7.77. The summed E-state index contributed by atoms with van der Waals surface area (Å²) in [5, 5.41) is 0. The van der Waals surface area contributed by atoms with E-state index in [1.54, 1.807) is 4.90 Å². The molecule has 1 amide bonds. The van der Waals surface area contributed by atoms with Gasteiger partial charge >= 0.3 is 0 Å². The third kappa shape index (κ3) is 3.22. The summed E-state index contributed by atoms with van der Waals surface area (Å²) in [6.07, 6.45) is 1.87. The number of thiocarbonyl (C=S) groups is 1. The molecule has 1 heterocycles. The van der Waals surface area contributed by atoms with Crippen LogP contribution in [0, 0.1) is 0 Å². The Hall–Kier alpha value is -1.33. The lowest BCUT2D eigenvalue weighted by Gasteiger charge is -2.18. The van der Waals surface area contributed by atoms with Gasteiger partial charge in [-0.15, -0.1) is 0 Å². The van der Waals surface area contributed by atoms with Crippen LogP contribution in [-0.2, 0) is 4.79 Å². The Morgan fingerprint density at radius 2 is 2.00 bits per heavy atom. The first-order chi connectivity index (χ1) is 9.52. The highest BCUT2D eigenvalue weighted by atomic mass is 32.2. The lowest BCUT2D eigenvalue weighted by molar-refractivity contribution is -0.123. The Morgan fingerprint density at radius 1 is 1.35 bits per heavy atom. The highest BCUT2D eigenvalue weighted by Gasteiger charge is 2.33. The van der Waals surface area contributed by atoms with Crippen LogP contribution >= 0.6 is 24.0 Å². The third-order valence-electron chi connectivity index (χ3n) is 2.83. The molecule has 3 nitrogen and oxygen atoms in total. The van der Waals surface area contributed by atoms with Crippen molar-refractivity contribution < 1.29 is 9.53 Å². The molecule has 0 atom stereocenters. The number of carbonyl (C=O) groups is 1. The molecule has 20 heavy (non-hydrogen) atoms. The molecule has 1 saturated heterocycles. The third-order valence-corrected chi connectivity index (χ3v) is 4.16. The van der Waals surface area contributed by atoms with Gasteiger partial charge in [-0.05, 0) is 44.5 Å². The standard InChI is InChI=1S/C15H17NO2S2/c1-4-18-12-7-5-11(6-8-12)9-13-14(17)16(10(2)3)15(19)20-13/h5-10H,4H2,1-3H3/b13-9-. The van der Waals surface area contributed by atoms with Crippen molar-refractivity contribution in [1.82, 2.24) is 4.90 Å². The number of nitrogens with zero attached hydrogens (tertiary/aromatic N) is 1. The van der Waals surface area contributed by atoms with Crippen molar-refractivity contribution in [2.75, 3.05) is 6.61 Å². The number of carbonyl (C=O) groups excluding carboxylic acids is 1. The minimum absolute atomic E-state index is 0.0103. The first-order valence-corrected chi connectivity index (χ1v) is 7.75. The Morgan fingerprint density at radius 3 is 2.50 bits per heavy atom. The van der Waals surface area contributed by atoms with Gasteiger partial charge in [0, 0.05) is 6.04 Å². The molecule has 0 bridgehead atoms. The maximum Gasteiger partial charge on any atom is 0.266 e. The van der Waals surface area contributed by atoms with Gasteiger partial charge in [0.15, 0.2) is 0 Å². The Balaban J connectivity index is 2.19. The SMILES string of the molecule is CCOc1ccc(/C=C2\SC(=S)N(C(C)C)C2=O)cc1. The maximum absolute atomic E-state index is 12.3. The van der Waals surface area contributed by atoms with Crippen molar-refractivity contribution in [3.8, 4) is 5.75 Å². The number of ether oxygens (including phenoxy) is 1. The molecule has 0 radical (unpaired) electrons. The molecule has 0 aliphatic carbocycles. The summed E-state index contributed by atoms with van der Waals surface area (Å²) < 4.78 is 6.02. The van der Waals surface area contributed by atoms with E-state index in [0.717, 1.165) is 11.3 Å². The second-order valence-corrected chi connectivity index (χ2v) is 6.32. The number of rotatable bonds is 4. The van der Waals surface area contributed by atoms with E-state index >= 15 is 0 Å². The monoisotopic (exact) mass is 307 g/mol. The second-order valence-electron chi connectivity index (χ2n) is 4.65. The maximum atomic E-state index is 12.3. The summed E-state index contributed by atoms with van der Waals surface area (Å²) in [7, 11) is 0. The fourth-order valence-electron chi connectivity index (χ4n) is 1.90. The van der Waals surface area contributed by atoms with Gasteiger partial charge in [-0.1, -0.05) is 36.1 Å². The zero-order chi connectivity index (χ0) is 14.7. The van der Waals surface area contributed by atoms with Gasteiger partial charge in [-0.25, -0.2) is 0 Å². The molecule has 1 aliphatic heterocycles. The molecule has 0 spiro atoms. The molecule has 2 rings (SSSR count). The molecule has 0 N–H and O–H groups in total. The fraction of sp³-hybridized carbons (Fsp3) is 0.333. The van der Waals surface area contributed by atoms with Crippen molar-refractivity contribution in [3.05, 3.63) is 34.7 Å². The largest absolute Gasteiger partial charge is 0.494 e. The van der Waals surface area contributed by atoms with Crippen LogP contribution in [0.3, 0.4) is 0 Å². The minimum atomic E-state index is -0.0103. The summed E-state index contributed by atoms with van der Waals surface area (Å²) in [4.78, 5) is 14.6. The molecule has 0 saturated carbocycles. The number of hydrogen-bond donors (Lipinski definition) is 0. The topological polar surface area (TPSA) is 29.5 Å². The molecule has 5 heteroatoms. The van der Waals surface area contributed by atoms with E-state index in [-0.39, 0.29) is 11.9 Å². The molecule has 1 aliphatic rings. The summed E-state index contributed by atoms with van der Waals surface area (Å²) >= 11 is 6.61. The lowest BCUT2D eigenvalue weighted by atomic mass is 10.2. The number of benzene rings is 1. The number of hydrogen-bond acceptors (Lipinski definition) is 4. The summed E-state index contributed by atoms with van der Waals surface area (Å²) in [5.41, 5.74) is 0.970. The zero-order valence-corrected chi connectivity index (χ0v) is 13.4. The van der Waals surface area contributed by atoms with E-state index in [2.05, 4.69) is 0 Å². The average molecular weight is 307 g/mol. The van der Waals surface area contributed by atoms with Crippen molar-refractivity contribution >= 4 is 40.3 Å². The van der Waals surface area contributed by atoms with Crippen molar-refractivity contribution in [2.45, 2.75) is 26.8 Å². The fourth-order valence-corrected chi connectivity index (χ4v) is 3.43. The van der Waals surface area contributed by atoms with Crippen molar-refractivity contribution in [1.29, 1.82) is 0 Å². The summed E-state index contributed by atoms with van der Waals surface area (Å²) in [6.45, 7) is 6.52. The normalized spacial score (nSPS) is 17.4. The van der Waals surface area contributed by atoms with Gasteiger partial charge in [0.1, 0.15) is 10.1 Å². The predicted octanol–water partition coefficient (Wildman–Crippen LogP) is 3.69. The van der Waals surface area contributed by atoms with Crippen LogP contribution < -0.4 is 4.74 Å². The molecule has 1 aromatic carbocycles. The minimum Gasteiger partial charge on any atom is -0.494 e. The van der Waals surface area contributed by atoms with E-state index in [4.69, 9.17) is 17.0 Å². The van der Waals surface area contributed by atoms with Gasteiger partial charge in [-0.3, -0.25) is 9.69 Å². The van der Waals surface area contributed by atoms with E-state index in [0.29, 0.717) is 15.8 Å². The first-order valence-electron chi connectivity index (χ1n) is 6.53. The molecule has 1 fully saturated rings. The molecule has 1 aromatic rings. The highest BCUT2D eigenvalue weighted by Crippen LogP contribution is 2.33. The second kappa shape index (κ2) is 6.41. The van der Waals surface area contributed by atoms with E-state index in [1.165, 1.54) is 11.8 Å². The molecule has 0 unspecified atom stereocenters. The van der Waals surface area contributed by atoms with Gasteiger partial charge in [0.25, 0.3) is 5.91 Å². The molecular weight excluding hydrogens is 290 g/mol. The van der Waals surface area contributed by atoms with Gasteiger partial charge in [0.05, 0.1) is 11.5 Å². The van der Waals surface area contributed by atoms with E-state index < -0.39 is 0 Å². The van der Waals surface area contributed by atoms with E-state index in [9.17, 15) is 4.79 Å². The summed E-state index contributed by atoms with van der Waals surface area (Å²) in [5.74, 6) is 0.822. The number of amides is 1. The van der Waals surface area contributed by atoms with Gasteiger partial charge < -0.3 is 4.74 Å². The molecule has 0 aromatic heterocycles. The van der Waals surface area contributed by atoms with Crippen LogP contribution in [0.25, 0.3) is 6.08 Å². The van der Waals surface area contributed by atoms with Gasteiger partial charge in [0.2, 0.25) is 0 Å². The Bertz CT molecular complexity index is 549. The highest BCUT2D eigenvalue weighted by molar-refractivity contribution is 8.26.